The van der Waals surface area contributed by atoms with Crippen molar-refractivity contribution in [2.75, 3.05) is 35.6 Å². The molecule has 10 heteroatoms. The SMILES string of the molecule is CCCCn1c(N)c(N(CC)CC(=O)NCC(=O)Nc2cccc(C)c2C)c(=O)[nH]c1=O. The third-order valence-corrected chi connectivity index (χ3v) is 5.31. The number of nitrogens with two attached hydrogens (primary N) is 1. The number of hydrogen-bond acceptors (Lipinski definition) is 6. The van der Waals surface area contributed by atoms with Crippen LogP contribution in [0.15, 0.2) is 27.8 Å². The number of H-pyrrole nitrogens is 1. The van der Waals surface area contributed by atoms with E-state index in [4.69, 9.17) is 5.73 Å². The molecule has 5 N–H and O–H groups in total. The van der Waals surface area contributed by atoms with Crippen LogP contribution in [0.2, 0.25) is 0 Å². The molecule has 1 heterocycles. The predicted molar refractivity (Wildman–Crippen MR) is 126 cm³/mol. The Morgan fingerprint density at radius 3 is 2.53 bits per heavy atom. The Balaban J connectivity index is 2.07. The standard InChI is InChI=1S/C22H32N6O4/c1-5-7-11-28-20(23)19(21(31)26-22(28)32)27(6-2)13-18(30)24-12-17(29)25-16-10-8-9-14(3)15(16)4/h8-10H,5-7,11-13,23H2,1-4H3,(H,24,30)(H,25,29)(H,26,31,32). The number of rotatable bonds is 10. The van der Waals surface area contributed by atoms with Crippen LogP contribution in [-0.4, -0.2) is 41.0 Å². The number of likely N-dealkylation sites (N-methyl/N-ethyl adjacent to an activating group) is 1. The molecule has 1 aromatic heterocycles. The van der Waals surface area contributed by atoms with Crippen LogP contribution in [0.3, 0.4) is 0 Å². The minimum Gasteiger partial charge on any atom is -0.383 e. The second kappa shape index (κ2) is 11.2. The molecule has 0 saturated heterocycles. The van der Waals surface area contributed by atoms with Gasteiger partial charge in [-0.15, -0.1) is 0 Å². The maximum Gasteiger partial charge on any atom is 0.330 e. The smallest absolute Gasteiger partial charge is 0.330 e. The molecule has 2 rings (SSSR count). The molecule has 0 saturated carbocycles. The summed E-state index contributed by atoms with van der Waals surface area (Å²) in [5, 5.41) is 5.33. The van der Waals surface area contributed by atoms with Crippen molar-refractivity contribution in [1.82, 2.24) is 14.9 Å². The fraction of sp³-hybridized carbons (Fsp3) is 0.455. The van der Waals surface area contributed by atoms with Crippen molar-refractivity contribution in [3.05, 3.63) is 50.2 Å². The molecule has 174 valence electrons. The van der Waals surface area contributed by atoms with Crippen molar-refractivity contribution in [2.24, 2.45) is 0 Å². The number of anilines is 3. The summed E-state index contributed by atoms with van der Waals surface area (Å²) in [7, 11) is 0. The van der Waals surface area contributed by atoms with E-state index in [2.05, 4.69) is 15.6 Å². The van der Waals surface area contributed by atoms with Crippen molar-refractivity contribution in [3.63, 3.8) is 0 Å². The first-order valence-electron chi connectivity index (χ1n) is 10.7. The number of hydrogen-bond donors (Lipinski definition) is 4. The van der Waals surface area contributed by atoms with Crippen LogP contribution in [0.25, 0.3) is 0 Å². The summed E-state index contributed by atoms with van der Waals surface area (Å²) >= 11 is 0. The van der Waals surface area contributed by atoms with E-state index in [0.717, 1.165) is 24.0 Å². The molecule has 2 amide bonds. The number of aryl methyl sites for hydroxylation is 1. The fourth-order valence-corrected chi connectivity index (χ4v) is 3.26. The van der Waals surface area contributed by atoms with Gasteiger partial charge in [0.15, 0.2) is 0 Å². The minimum absolute atomic E-state index is 0.0227. The first-order chi connectivity index (χ1) is 15.2. The van der Waals surface area contributed by atoms with Gasteiger partial charge in [0, 0.05) is 18.8 Å². The van der Waals surface area contributed by atoms with E-state index in [1.54, 1.807) is 13.0 Å². The second-order valence-electron chi connectivity index (χ2n) is 7.58. The van der Waals surface area contributed by atoms with Crippen LogP contribution in [0.1, 0.15) is 37.8 Å². The van der Waals surface area contributed by atoms with Crippen LogP contribution >= 0.6 is 0 Å². The van der Waals surface area contributed by atoms with E-state index in [-0.39, 0.29) is 30.5 Å². The highest BCUT2D eigenvalue weighted by molar-refractivity contribution is 5.95. The molecule has 1 aromatic carbocycles. The molecule has 0 unspecified atom stereocenters. The van der Waals surface area contributed by atoms with E-state index < -0.39 is 17.2 Å². The number of nitrogen functional groups attached to an aromatic ring is 1. The quantitative estimate of drug-likeness (QED) is 0.432. The van der Waals surface area contributed by atoms with Crippen LogP contribution < -0.4 is 32.5 Å². The molecule has 0 spiro atoms. The first kappa shape index (κ1) is 24.7. The third kappa shape index (κ3) is 5.99. The molecule has 0 aliphatic rings. The predicted octanol–water partition coefficient (Wildman–Crippen LogP) is 1.12. The third-order valence-electron chi connectivity index (χ3n) is 5.31. The normalized spacial score (nSPS) is 10.6. The highest BCUT2D eigenvalue weighted by Crippen LogP contribution is 2.18. The van der Waals surface area contributed by atoms with Gasteiger partial charge in [0.1, 0.15) is 11.5 Å². The average Bonchev–Trinajstić information content (AvgIpc) is 2.74. The van der Waals surface area contributed by atoms with Gasteiger partial charge in [0.05, 0.1) is 13.1 Å². The zero-order valence-electron chi connectivity index (χ0n) is 19.1. The van der Waals surface area contributed by atoms with Gasteiger partial charge in [-0.25, -0.2) is 4.79 Å². The molecular weight excluding hydrogens is 412 g/mol. The number of carbonyl (C=O) groups is 2. The van der Waals surface area contributed by atoms with E-state index in [1.165, 1.54) is 9.47 Å². The highest BCUT2D eigenvalue weighted by Gasteiger charge is 2.20. The summed E-state index contributed by atoms with van der Waals surface area (Å²) in [6, 6.07) is 5.59. The van der Waals surface area contributed by atoms with E-state index >= 15 is 0 Å². The number of benzene rings is 1. The highest BCUT2D eigenvalue weighted by atomic mass is 16.2. The largest absolute Gasteiger partial charge is 0.383 e. The van der Waals surface area contributed by atoms with Crippen LogP contribution in [-0.2, 0) is 16.1 Å². The summed E-state index contributed by atoms with van der Waals surface area (Å²) < 4.78 is 1.30. The Labute approximate surface area is 186 Å². The Hall–Kier alpha value is -3.56. The molecule has 0 radical (unpaired) electrons. The fourth-order valence-electron chi connectivity index (χ4n) is 3.26. The molecule has 0 fully saturated rings. The Morgan fingerprint density at radius 1 is 1.16 bits per heavy atom. The van der Waals surface area contributed by atoms with Crippen molar-refractivity contribution in [3.8, 4) is 0 Å². The van der Waals surface area contributed by atoms with Crippen molar-refractivity contribution >= 4 is 29.0 Å². The summed E-state index contributed by atoms with van der Waals surface area (Å²) in [4.78, 5) is 53.0. The topological polar surface area (TPSA) is 142 Å². The van der Waals surface area contributed by atoms with Crippen LogP contribution in [0, 0.1) is 13.8 Å². The average molecular weight is 445 g/mol. The van der Waals surface area contributed by atoms with Gasteiger partial charge < -0.3 is 21.3 Å². The minimum atomic E-state index is -0.650. The first-order valence-corrected chi connectivity index (χ1v) is 10.7. The summed E-state index contributed by atoms with van der Waals surface area (Å²) in [5.74, 6) is -0.789. The Kier molecular flexibility index (Phi) is 8.62. The van der Waals surface area contributed by atoms with E-state index in [0.29, 0.717) is 18.8 Å². The molecule has 0 aliphatic heterocycles. The molecule has 32 heavy (non-hydrogen) atoms. The molecule has 0 aliphatic carbocycles. The maximum absolute atomic E-state index is 12.5. The number of nitrogens with one attached hydrogen (secondary N) is 3. The lowest BCUT2D eigenvalue weighted by atomic mass is 10.1. The van der Waals surface area contributed by atoms with Crippen molar-refractivity contribution < 1.29 is 9.59 Å². The number of nitrogens with zero attached hydrogens (tertiary/aromatic N) is 2. The Morgan fingerprint density at radius 2 is 1.88 bits per heavy atom. The number of carbonyl (C=O) groups excluding carboxylic acids is 2. The van der Waals surface area contributed by atoms with E-state index in [9.17, 15) is 19.2 Å². The van der Waals surface area contributed by atoms with Crippen LogP contribution in [0.4, 0.5) is 17.2 Å². The molecule has 0 bridgehead atoms. The van der Waals surface area contributed by atoms with Gasteiger partial charge >= 0.3 is 5.69 Å². The van der Waals surface area contributed by atoms with Crippen molar-refractivity contribution in [1.29, 1.82) is 0 Å². The molecule has 2 aromatic rings. The maximum atomic E-state index is 12.5. The van der Waals surface area contributed by atoms with Gasteiger partial charge in [-0.05, 0) is 44.4 Å². The van der Waals surface area contributed by atoms with Crippen LogP contribution in [0.5, 0.6) is 0 Å². The van der Waals surface area contributed by atoms with Gasteiger partial charge in [0.25, 0.3) is 5.56 Å². The van der Waals surface area contributed by atoms with E-state index in [1.807, 2.05) is 32.9 Å². The van der Waals surface area contributed by atoms with Gasteiger partial charge in [-0.1, -0.05) is 25.5 Å². The lowest BCUT2D eigenvalue weighted by molar-refractivity contribution is -0.123. The number of aromatic amines is 1. The summed E-state index contributed by atoms with van der Waals surface area (Å²) in [6.45, 7) is 7.87. The summed E-state index contributed by atoms with van der Waals surface area (Å²) in [6.07, 6.45) is 1.57. The molecule has 10 nitrogen and oxygen atoms in total. The Bertz CT molecular complexity index is 1090. The lowest BCUT2D eigenvalue weighted by Crippen LogP contribution is -2.44. The molecular formula is C22H32N6O4. The number of aromatic nitrogens is 2. The summed E-state index contributed by atoms with van der Waals surface area (Å²) in [5.41, 5.74) is 7.65. The van der Waals surface area contributed by atoms with Gasteiger partial charge in [-0.2, -0.15) is 0 Å². The van der Waals surface area contributed by atoms with Gasteiger partial charge in [0.2, 0.25) is 11.8 Å². The number of unbranched alkanes of at least 4 members (excludes halogenated alkanes) is 1. The zero-order chi connectivity index (χ0) is 23.8. The zero-order valence-corrected chi connectivity index (χ0v) is 19.1. The lowest BCUT2D eigenvalue weighted by Gasteiger charge is -2.24. The number of amides is 2. The second-order valence-corrected chi connectivity index (χ2v) is 7.58. The van der Waals surface area contributed by atoms with Crippen molar-refractivity contribution in [2.45, 2.75) is 47.1 Å². The monoisotopic (exact) mass is 444 g/mol. The van der Waals surface area contributed by atoms with Gasteiger partial charge in [-0.3, -0.25) is 23.9 Å². The molecule has 0 atom stereocenters.